The third-order valence-corrected chi connectivity index (χ3v) is 5.78. The maximum Gasteiger partial charge on any atom is 0.222 e. The standard InChI is InChI=1S/C8H18N2O3Si2/c9-7(11)1-5-14-13-15-6-2-8(12)10-3-4-10/h1-6,14-15H2,(H2,9,11). The molecule has 0 unspecified atom stereocenters. The van der Waals surface area contributed by atoms with Gasteiger partial charge in [0.1, 0.15) is 19.5 Å². The van der Waals surface area contributed by atoms with Gasteiger partial charge in [0.05, 0.1) is 0 Å². The smallest absolute Gasteiger partial charge is 0.222 e. The summed E-state index contributed by atoms with van der Waals surface area (Å²) >= 11 is 0. The molecule has 0 saturated carbocycles. The first-order valence-electron chi connectivity index (χ1n) is 5.34. The highest BCUT2D eigenvalue weighted by molar-refractivity contribution is 6.43. The molecule has 0 aromatic heterocycles. The summed E-state index contributed by atoms with van der Waals surface area (Å²) in [6, 6.07) is 1.77. The number of carbonyl (C=O) groups is 2. The molecule has 0 bridgehead atoms. The van der Waals surface area contributed by atoms with E-state index in [0.717, 1.165) is 25.2 Å². The maximum absolute atomic E-state index is 11.2. The third-order valence-electron chi connectivity index (χ3n) is 2.19. The van der Waals surface area contributed by atoms with Crippen LogP contribution >= 0.6 is 0 Å². The van der Waals surface area contributed by atoms with Crippen molar-refractivity contribution in [3.63, 3.8) is 0 Å². The van der Waals surface area contributed by atoms with Crippen LogP contribution in [-0.2, 0) is 13.7 Å². The van der Waals surface area contributed by atoms with Gasteiger partial charge in [-0.2, -0.15) is 0 Å². The number of carbonyl (C=O) groups excluding carboxylic acids is 2. The van der Waals surface area contributed by atoms with Gasteiger partial charge in [0.25, 0.3) is 0 Å². The van der Waals surface area contributed by atoms with Crippen molar-refractivity contribution in [1.29, 1.82) is 0 Å². The molecule has 15 heavy (non-hydrogen) atoms. The number of primary amides is 1. The van der Waals surface area contributed by atoms with E-state index >= 15 is 0 Å². The molecule has 1 aliphatic heterocycles. The van der Waals surface area contributed by atoms with Gasteiger partial charge < -0.3 is 14.7 Å². The van der Waals surface area contributed by atoms with Gasteiger partial charge in [-0.15, -0.1) is 0 Å². The highest BCUT2D eigenvalue weighted by Gasteiger charge is 2.22. The Labute approximate surface area is 94.2 Å². The van der Waals surface area contributed by atoms with Crippen molar-refractivity contribution in [2.75, 3.05) is 13.1 Å². The number of hydrogen-bond donors (Lipinski definition) is 1. The molecule has 0 atom stereocenters. The molecule has 1 fully saturated rings. The minimum atomic E-state index is -0.544. The second kappa shape index (κ2) is 6.75. The zero-order valence-electron chi connectivity index (χ0n) is 8.91. The van der Waals surface area contributed by atoms with E-state index in [1.807, 2.05) is 4.90 Å². The fourth-order valence-electron chi connectivity index (χ4n) is 1.23. The number of nitrogens with two attached hydrogens (primary N) is 1. The number of hydrogen-bond acceptors (Lipinski definition) is 3. The number of nitrogens with zero attached hydrogens (tertiary/aromatic N) is 1. The summed E-state index contributed by atoms with van der Waals surface area (Å²) in [7, 11) is -1.06. The lowest BCUT2D eigenvalue weighted by Crippen LogP contribution is -2.14. The van der Waals surface area contributed by atoms with E-state index in [2.05, 4.69) is 0 Å². The van der Waals surface area contributed by atoms with E-state index in [4.69, 9.17) is 9.85 Å². The van der Waals surface area contributed by atoms with Crippen LogP contribution in [0.5, 0.6) is 0 Å². The highest BCUT2D eigenvalue weighted by Crippen LogP contribution is 2.07. The van der Waals surface area contributed by atoms with Crippen molar-refractivity contribution in [1.82, 2.24) is 4.90 Å². The SMILES string of the molecule is NC(=O)CC[SiH2]O[SiH2]CCC(=O)N1CC1. The number of amides is 2. The second-order valence-electron chi connectivity index (χ2n) is 3.67. The topological polar surface area (TPSA) is 72.4 Å². The van der Waals surface area contributed by atoms with Crippen LogP contribution in [0.15, 0.2) is 0 Å². The molecule has 86 valence electrons. The van der Waals surface area contributed by atoms with Gasteiger partial charge in [-0.05, 0) is 12.1 Å². The van der Waals surface area contributed by atoms with E-state index in [1.54, 1.807) is 0 Å². The number of rotatable bonds is 8. The molecule has 2 amide bonds. The van der Waals surface area contributed by atoms with Gasteiger partial charge >= 0.3 is 0 Å². The lowest BCUT2D eigenvalue weighted by molar-refractivity contribution is -0.125. The molecule has 1 aliphatic rings. The monoisotopic (exact) mass is 246 g/mol. The summed E-state index contributed by atoms with van der Waals surface area (Å²) in [6.45, 7) is 1.88. The molecule has 5 nitrogen and oxygen atoms in total. The summed E-state index contributed by atoms with van der Waals surface area (Å²) in [5.74, 6) is 0.0226. The first kappa shape index (κ1) is 12.4. The van der Waals surface area contributed by atoms with Crippen molar-refractivity contribution in [2.45, 2.75) is 24.9 Å². The summed E-state index contributed by atoms with van der Waals surface area (Å²) in [5, 5.41) is 0. The normalized spacial score (nSPS) is 15.6. The summed E-state index contributed by atoms with van der Waals surface area (Å²) < 4.78 is 5.53. The van der Waals surface area contributed by atoms with Crippen LogP contribution in [0.2, 0.25) is 12.1 Å². The summed E-state index contributed by atoms with van der Waals surface area (Å²) in [4.78, 5) is 23.5. The molecule has 1 heterocycles. The molecule has 0 spiro atoms. The Balaban J connectivity index is 1.80. The average molecular weight is 246 g/mol. The molecule has 2 N–H and O–H groups in total. The molecule has 0 radical (unpaired) electrons. The van der Waals surface area contributed by atoms with Crippen LogP contribution < -0.4 is 5.73 Å². The Morgan fingerprint density at radius 1 is 1.20 bits per heavy atom. The zero-order valence-corrected chi connectivity index (χ0v) is 11.7. The molecule has 0 aromatic rings. The van der Waals surface area contributed by atoms with Crippen LogP contribution in [0.1, 0.15) is 12.8 Å². The Morgan fingerprint density at radius 3 is 2.33 bits per heavy atom. The summed E-state index contributed by atoms with van der Waals surface area (Å²) in [6.07, 6.45) is 1.10. The second-order valence-corrected chi connectivity index (χ2v) is 7.53. The van der Waals surface area contributed by atoms with Crippen molar-refractivity contribution in [3.05, 3.63) is 0 Å². The van der Waals surface area contributed by atoms with Crippen LogP contribution in [-0.4, -0.2) is 49.3 Å². The van der Waals surface area contributed by atoms with Crippen LogP contribution in [0.3, 0.4) is 0 Å². The van der Waals surface area contributed by atoms with E-state index in [9.17, 15) is 9.59 Å². The van der Waals surface area contributed by atoms with Crippen molar-refractivity contribution < 1.29 is 13.7 Å². The fourth-order valence-corrected chi connectivity index (χ4v) is 4.62. The van der Waals surface area contributed by atoms with E-state index < -0.39 is 19.5 Å². The molecule has 7 heteroatoms. The molecular weight excluding hydrogens is 228 g/mol. The Hall–Kier alpha value is -0.666. The minimum Gasteiger partial charge on any atom is -0.465 e. The molecule has 0 aliphatic carbocycles. The van der Waals surface area contributed by atoms with Crippen LogP contribution in [0, 0.1) is 0 Å². The van der Waals surface area contributed by atoms with Crippen molar-refractivity contribution in [3.8, 4) is 0 Å². The average Bonchev–Trinajstić information content (AvgIpc) is 2.98. The first-order valence-corrected chi connectivity index (χ1v) is 8.49. The highest BCUT2D eigenvalue weighted by atomic mass is 28.3. The third kappa shape index (κ3) is 6.42. The molecule has 0 aromatic carbocycles. The molecule has 1 saturated heterocycles. The van der Waals surface area contributed by atoms with Crippen molar-refractivity contribution >= 4 is 31.3 Å². The Bertz CT molecular complexity index is 234. The molecular formula is C8H18N2O3Si2. The Morgan fingerprint density at radius 2 is 1.80 bits per heavy atom. The van der Waals surface area contributed by atoms with E-state index in [1.165, 1.54) is 0 Å². The van der Waals surface area contributed by atoms with Gasteiger partial charge in [0.15, 0.2) is 0 Å². The van der Waals surface area contributed by atoms with E-state index in [0.29, 0.717) is 12.8 Å². The predicted octanol–water partition coefficient (Wildman–Crippen LogP) is -1.89. The lowest BCUT2D eigenvalue weighted by atomic mass is 10.4. The van der Waals surface area contributed by atoms with Gasteiger partial charge in [-0.1, -0.05) is 0 Å². The van der Waals surface area contributed by atoms with Crippen LogP contribution in [0.25, 0.3) is 0 Å². The largest absolute Gasteiger partial charge is 0.465 e. The molecule has 1 rings (SSSR count). The van der Waals surface area contributed by atoms with Gasteiger partial charge in [0.2, 0.25) is 11.8 Å². The maximum atomic E-state index is 11.2. The van der Waals surface area contributed by atoms with Gasteiger partial charge in [0, 0.05) is 25.9 Å². The van der Waals surface area contributed by atoms with Gasteiger partial charge in [-0.3, -0.25) is 9.59 Å². The first-order chi connectivity index (χ1) is 7.20. The Kier molecular flexibility index (Phi) is 5.58. The predicted molar refractivity (Wildman–Crippen MR) is 62.8 cm³/mol. The lowest BCUT2D eigenvalue weighted by Gasteiger charge is -2.03. The quantitative estimate of drug-likeness (QED) is 0.309. The van der Waals surface area contributed by atoms with Crippen LogP contribution in [0.4, 0.5) is 0 Å². The fraction of sp³-hybridized carbons (Fsp3) is 0.750. The van der Waals surface area contributed by atoms with Gasteiger partial charge in [-0.25, -0.2) is 0 Å². The zero-order chi connectivity index (χ0) is 11.1. The van der Waals surface area contributed by atoms with E-state index in [-0.39, 0.29) is 11.8 Å². The van der Waals surface area contributed by atoms with Crippen molar-refractivity contribution in [2.24, 2.45) is 5.73 Å². The summed E-state index contributed by atoms with van der Waals surface area (Å²) in [5.41, 5.74) is 5.00. The minimum absolute atomic E-state index is 0.246.